The minimum atomic E-state index is -3.73. The monoisotopic (exact) mass is 293 g/mol. The van der Waals surface area contributed by atoms with Gasteiger partial charge in [-0.2, -0.15) is 0 Å². The number of aryl methyl sites for hydroxylation is 1. The fourth-order valence-corrected chi connectivity index (χ4v) is 3.05. The molecule has 1 atom stereocenters. The molecule has 2 rings (SSSR count). The topological polar surface area (TPSA) is 46.2 Å². The summed E-state index contributed by atoms with van der Waals surface area (Å²) in [6.07, 6.45) is 0. The fourth-order valence-electron chi connectivity index (χ4n) is 1.85. The van der Waals surface area contributed by atoms with Gasteiger partial charge in [0.25, 0.3) is 0 Å². The van der Waals surface area contributed by atoms with Gasteiger partial charge in [0.2, 0.25) is 10.0 Å². The van der Waals surface area contributed by atoms with Crippen LogP contribution in [0.1, 0.15) is 17.2 Å². The Balaban J connectivity index is 2.24. The van der Waals surface area contributed by atoms with Crippen molar-refractivity contribution in [2.45, 2.75) is 17.9 Å². The second-order valence-electron chi connectivity index (χ2n) is 4.55. The van der Waals surface area contributed by atoms with Crippen LogP contribution in [0.25, 0.3) is 0 Å². The lowest BCUT2D eigenvalue weighted by molar-refractivity contribution is 0.414. The molecule has 106 valence electrons. The van der Waals surface area contributed by atoms with Crippen molar-refractivity contribution in [1.82, 2.24) is 4.72 Å². The summed E-state index contributed by atoms with van der Waals surface area (Å²) < 4.78 is 39.9. The van der Waals surface area contributed by atoms with Crippen molar-refractivity contribution in [1.29, 1.82) is 0 Å². The molecular formula is C15H16FNO2S. The van der Waals surface area contributed by atoms with Crippen LogP contribution in [0.15, 0.2) is 59.5 Å². The van der Waals surface area contributed by atoms with E-state index < -0.39 is 22.7 Å². The maximum Gasteiger partial charge on any atom is 0.241 e. The smallest absolute Gasteiger partial charge is 0.241 e. The van der Waals surface area contributed by atoms with E-state index in [2.05, 4.69) is 4.72 Å². The Morgan fingerprint density at radius 3 is 2.20 bits per heavy atom. The highest BCUT2D eigenvalue weighted by molar-refractivity contribution is 7.89. The van der Waals surface area contributed by atoms with E-state index in [1.807, 2.05) is 6.92 Å². The molecule has 1 N–H and O–H groups in total. The van der Waals surface area contributed by atoms with Crippen LogP contribution >= 0.6 is 0 Å². The van der Waals surface area contributed by atoms with Gasteiger partial charge >= 0.3 is 0 Å². The average molecular weight is 293 g/mol. The summed E-state index contributed by atoms with van der Waals surface area (Å²) in [5, 5.41) is 0. The van der Waals surface area contributed by atoms with Crippen LogP contribution in [0.5, 0.6) is 0 Å². The van der Waals surface area contributed by atoms with E-state index in [9.17, 15) is 12.8 Å². The molecule has 0 amide bonds. The Labute approximate surface area is 118 Å². The largest absolute Gasteiger partial charge is 0.249 e. The molecule has 0 heterocycles. The van der Waals surface area contributed by atoms with E-state index in [4.69, 9.17) is 0 Å². The standard InChI is InChI=1S/C15H16FNO2S/c1-12-7-9-14(10-8-12)20(18,19)17-15(11-16)13-5-3-2-4-6-13/h2-10,15,17H,11H2,1H3/t15-/m1/s1. The third-order valence-corrected chi connectivity index (χ3v) is 4.47. The number of alkyl halides is 1. The zero-order chi connectivity index (χ0) is 14.6. The first-order valence-electron chi connectivity index (χ1n) is 6.23. The molecule has 0 unspecified atom stereocenters. The van der Waals surface area contributed by atoms with Gasteiger partial charge in [0.05, 0.1) is 10.9 Å². The molecule has 0 aliphatic rings. The highest BCUT2D eigenvalue weighted by atomic mass is 32.2. The van der Waals surface area contributed by atoms with Crippen molar-refractivity contribution in [3.8, 4) is 0 Å². The van der Waals surface area contributed by atoms with Crippen LogP contribution in [0, 0.1) is 6.92 Å². The highest BCUT2D eigenvalue weighted by Gasteiger charge is 2.21. The van der Waals surface area contributed by atoms with E-state index in [0.717, 1.165) is 5.56 Å². The van der Waals surface area contributed by atoms with Gasteiger partial charge in [-0.15, -0.1) is 0 Å². The number of hydrogen-bond donors (Lipinski definition) is 1. The van der Waals surface area contributed by atoms with E-state index in [1.165, 1.54) is 12.1 Å². The normalized spacial score (nSPS) is 13.1. The third-order valence-electron chi connectivity index (χ3n) is 2.98. The second-order valence-corrected chi connectivity index (χ2v) is 6.27. The molecule has 0 fully saturated rings. The third kappa shape index (κ3) is 3.43. The van der Waals surface area contributed by atoms with E-state index in [-0.39, 0.29) is 4.90 Å². The molecule has 0 radical (unpaired) electrons. The van der Waals surface area contributed by atoms with E-state index in [0.29, 0.717) is 5.56 Å². The van der Waals surface area contributed by atoms with Crippen molar-refractivity contribution >= 4 is 10.0 Å². The average Bonchev–Trinajstić information content (AvgIpc) is 2.46. The molecule has 20 heavy (non-hydrogen) atoms. The van der Waals surface area contributed by atoms with Gasteiger partial charge in [0, 0.05) is 0 Å². The summed E-state index contributed by atoms with van der Waals surface area (Å²) in [6, 6.07) is 14.3. The quantitative estimate of drug-likeness (QED) is 0.921. The lowest BCUT2D eigenvalue weighted by atomic mass is 10.1. The lowest BCUT2D eigenvalue weighted by Gasteiger charge is -2.16. The minimum absolute atomic E-state index is 0.137. The van der Waals surface area contributed by atoms with Gasteiger partial charge in [-0.05, 0) is 24.6 Å². The Bertz CT molecular complexity index is 654. The van der Waals surface area contributed by atoms with E-state index in [1.54, 1.807) is 42.5 Å². The predicted molar refractivity (Wildman–Crippen MR) is 76.7 cm³/mol. The number of hydrogen-bond acceptors (Lipinski definition) is 2. The first kappa shape index (κ1) is 14.7. The summed E-state index contributed by atoms with van der Waals surface area (Å²) in [4.78, 5) is 0.137. The van der Waals surface area contributed by atoms with Crippen molar-refractivity contribution in [3.63, 3.8) is 0 Å². The van der Waals surface area contributed by atoms with Crippen LogP contribution < -0.4 is 4.72 Å². The number of benzene rings is 2. The second kappa shape index (κ2) is 6.15. The summed E-state index contributed by atoms with van der Waals surface area (Å²) in [6.45, 7) is 1.08. The first-order valence-corrected chi connectivity index (χ1v) is 7.71. The maximum atomic E-state index is 13.1. The molecule has 0 saturated carbocycles. The zero-order valence-corrected chi connectivity index (χ0v) is 11.9. The molecule has 0 spiro atoms. The van der Waals surface area contributed by atoms with Crippen LogP contribution in [0.4, 0.5) is 4.39 Å². The van der Waals surface area contributed by atoms with Gasteiger partial charge in [0.1, 0.15) is 6.67 Å². The van der Waals surface area contributed by atoms with Crippen molar-refractivity contribution in [2.75, 3.05) is 6.67 Å². The van der Waals surface area contributed by atoms with Gasteiger partial charge in [-0.1, -0.05) is 48.0 Å². The maximum absolute atomic E-state index is 13.1. The van der Waals surface area contributed by atoms with Gasteiger partial charge < -0.3 is 0 Å². The van der Waals surface area contributed by atoms with Crippen molar-refractivity contribution in [3.05, 3.63) is 65.7 Å². The molecule has 2 aromatic carbocycles. The van der Waals surface area contributed by atoms with Crippen molar-refractivity contribution in [2.24, 2.45) is 0 Å². The van der Waals surface area contributed by atoms with E-state index >= 15 is 0 Å². The Morgan fingerprint density at radius 2 is 1.65 bits per heavy atom. The molecule has 3 nitrogen and oxygen atoms in total. The van der Waals surface area contributed by atoms with Gasteiger partial charge in [-0.25, -0.2) is 17.5 Å². The lowest BCUT2D eigenvalue weighted by Crippen LogP contribution is -2.29. The summed E-state index contributed by atoms with van der Waals surface area (Å²) in [5.41, 5.74) is 1.57. The SMILES string of the molecule is Cc1ccc(S(=O)(=O)N[C@H](CF)c2ccccc2)cc1. The number of nitrogens with one attached hydrogen (secondary N) is 1. The molecule has 0 saturated heterocycles. The zero-order valence-electron chi connectivity index (χ0n) is 11.1. The van der Waals surface area contributed by atoms with Gasteiger partial charge in [0.15, 0.2) is 0 Å². The first-order chi connectivity index (χ1) is 9.53. The molecular weight excluding hydrogens is 277 g/mol. The fraction of sp³-hybridized carbons (Fsp3) is 0.200. The van der Waals surface area contributed by atoms with Crippen LogP contribution in [-0.2, 0) is 10.0 Å². The molecule has 2 aromatic rings. The Kier molecular flexibility index (Phi) is 4.52. The summed E-state index contributed by atoms with van der Waals surface area (Å²) >= 11 is 0. The highest BCUT2D eigenvalue weighted by Crippen LogP contribution is 2.18. The van der Waals surface area contributed by atoms with Crippen molar-refractivity contribution < 1.29 is 12.8 Å². The number of halogens is 1. The summed E-state index contributed by atoms with van der Waals surface area (Å²) in [7, 11) is -3.73. The van der Waals surface area contributed by atoms with Crippen LogP contribution in [0.2, 0.25) is 0 Å². The summed E-state index contributed by atoms with van der Waals surface area (Å²) in [5.74, 6) is 0. The Hall–Kier alpha value is -1.72. The van der Waals surface area contributed by atoms with Gasteiger partial charge in [-0.3, -0.25) is 0 Å². The molecule has 0 aromatic heterocycles. The molecule has 0 aliphatic heterocycles. The van der Waals surface area contributed by atoms with Crippen LogP contribution in [0.3, 0.4) is 0 Å². The molecule has 0 bridgehead atoms. The number of rotatable bonds is 5. The molecule has 5 heteroatoms. The predicted octanol–water partition coefficient (Wildman–Crippen LogP) is 2.98. The molecule has 0 aliphatic carbocycles. The minimum Gasteiger partial charge on any atom is -0.249 e. The number of sulfonamides is 1. The van der Waals surface area contributed by atoms with Crippen LogP contribution in [-0.4, -0.2) is 15.1 Å². The Morgan fingerprint density at radius 1 is 1.05 bits per heavy atom.